The van der Waals surface area contributed by atoms with Gasteiger partial charge in [0.15, 0.2) is 0 Å². The second kappa shape index (κ2) is 13.7. The number of hydrogen-bond donors (Lipinski definition) is 1. The minimum atomic E-state index is -0.612. The summed E-state index contributed by atoms with van der Waals surface area (Å²) < 4.78 is 0. The number of thioether (sulfide) groups is 1. The normalized spacial score (nSPS) is 12.1. The van der Waals surface area contributed by atoms with Crippen LogP contribution in [0.5, 0.6) is 0 Å². The van der Waals surface area contributed by atoms with E-state index in [0.29, 0.717) is 24.4 Å². The summed E-state index contributed by atoms with van der Waals surface area (Å²) in [5, 5.41) is 3.83. The molecule has 0 aliphatic heterocycles. The number of carbonyl (C=O) groups is 2. The topological polar surface area (TPSA) is 49.4 Å². The molecule has 0 aliphatic rings. The van der Waals surface area contributed by atoms with E-state index in [1.54, 1.807) is 16.7 Å². The van der Waals surface area contributed by atoms with E-state index in [1.807, 2.05) is 100 Å². The van der Waals surface area contributed by atoms with E-state index in [1.165, 1.54) is 0 Å². The monoisotopic (exact) mass is 536 g/mol. The molecule has 0 aromatic heterocycles. The number of aryl methyl sites for hydroxylation is 1. The minimum Gasteiger partial charge on any atom is -0.350 e. The van der Waals surface area contributed by atoms with Crippen LogP contribution in [-0.2, 0) is 22.6 Å². The third-order valence-electron chi connectivity index (χ3n) is 5.82. The molecule has 3 aromatic rings. The van der Waals surface area contributed by atoms with E-state index in [2.05, 4.69) is 11.4 Å². The first kappa shape index (κ1) is 28.8. The van der Waals surface area contributed by atoms with Gasteiger partial charge in [-0.3, -0.25) is 9.59 Å². The molecule has 1 atom stereocenters. The Morgan fingerprint density at radius 1 is 0.946 bits per heavy atom. The lowest BCUT2D eigenvalue weighted by Gasteiger charge is -2.34. The molecular weight excluding hydrogens is 500 g/mol. The van der Waals surface area contributed by atoms with Crippen LogP contribution in [0.4, 0.5) is 0 Å². The van der Waals surface area contributed by atoms with Crippen LogP contribution in [0.1, 0.15) is 50.3 Å². The molecule has 37 heavy (non-hydrogen) atoms. The Morgan fingerprint density at radius 3 is 2.27 bits per heavy atom. The molecule has 6 heteroatoms. The first-order chi connectivity index (χ1) is 17.6. The third kappa shape index (κ3) is 9.90. The number of benzene rings is 3. The zero-order chi connectivity index (χ0) is 26.8. The highest BCUT2D eigenvalue weighted by Gasteiger charge is 2.32. The predicted molar refractivity (Wildman–Crippen MR) is 155 cm³/mol. The lowest BCUT2D eigenvalue weighted by molar-refractivity contribution is -0.142. The van der Waals surface area contributed by atoms with Gasteiger partial charge in [-0.05, 0) is 75.3 Å². The Labute approximate surface area is 230 Å². The summed E-state index contributed by atoms with van der Waals surface area (Å²) in [6, 6.07) is 25.2. The number of rotatable bonds is 11. The van der Waals surface area contributed by atoms with Gasteiger partial charge in [0.05, 0.1) is 0 Å². The fourth-order valence-electron chi connectivity index (χ4n) is 4.10. The van der Waals surface area contributed by atoms with Crippen molar-refractivity contribution in [1.82, 2.24) is 10.2 Å². The summed E-state index contributed by atoms with van der Waals surface area (Å²) in [4.78, 5) is 30.2. The van der Waals surface area contributed by atoms with Crippen LogP contribution in [0, 0.1) is 6.92 Å². The summed E-state index contributed by atoms with van der Waals surface area (Å²) in [6.45, 7) is 8.32. The molecular formula is C31H37ClN2O2S. The average molecular weight is 537 g/mol. The van der Waals surface area contributed by atoms with Crippen LogP contribution in [0.15, 0.2) is 83.8 Å². The van der Waals surface area contributed by atoms with Crippen LogP contribution in [0.3, 0.4) is 0 Å². The van der Waals surface area contributed by atoms with Crippen molar-refractivity contribution in [2.75, 3.05) is 5.75 Å². The second-order valence-corrected chi connectivity index (χ2v) is 12.0. The summed E-state index contributed by atoms with van der Waals surface area (Å²) >= 11 is 7.69. The van der Waals surface area contributed by atoms with Gasteiger partial charge in [0, 0.05) is 34.8 Å². The Bertz CT molecular complexity index is 1160. The maximum absolute atomic E-state index is 13.7. The lowest BCUT2D eigenvalue weighted by atomic mass is 10.00. The fraction of sp³-hybridized carbons (Fsp3) is 0.355. The van der Waals surface area contributed by atoms with Crippen molar-refractivity contribution in [3.8, 4) is 0 Å². The van der Waals surface area contributed by atoms with Crippen molar-refractivity contribution >= 4 is 35.2 Å². The van der Waals surface area contributed by atoms with Gasteiger partial charge in [-0.1, -0.05) is 71.8 Å². The van der Waals surface area contributed by atoms with E-state index in [4.69, 9.17) is 11.6 Å². The quantitative estimate of drug-likeness (QED) is 0.210. The standard InChI is InChI=1S/C31H37ClN2O2S/c1-23-10-8-13-25(20-23)22-34(29(35)14-9-19-37-27-17-15-26(32)16-18-27)28(30(36)33-31(2,3)4)21-24-11-6-5-7-12-24/h5-8,10-13,15-18,20,28H,9,14,19,21-22H2,1-4H3,(H,33,36)/t28-/m1/s1. The number of carbonyl (C=O) groups excluding carboxylic acids is 2. The fourth-order valence-corrected chi connectivity index (χ4v) is 5.08. The molecule has 2 amide bonds. The van der Waals surface area contributed by atoms with Crippen molar-refractivity contribution in [3.05, 3.63) is 101 Å². The van der Waals surface area contributed by atoms with Crippen molar-refractivity contribution in [3.63, 3.8) is 0 Å². The van der Waals surface area contributed by atoms with Gasteiger partial charge in [0.1, 0.15) is 6.04 Å². The summed E-state index contributed by atoms with van der Waals surface area (Å²) in [7, 11) is 0. The summed E-state index contributed by atoms with van der Waals surface area (Å²) in [5.74, 6) is 0.666. The van der Waals surface area contributed by atoms with Gasteiger partial charge in [0.25, 0.3) is 0 Å². The Morgan fingerprint density at radius 2 is 1.62 bits per heavy atom. The van der Waals surface area contributed by atoms with Gasteiger partial charge in [-0.2, -0.15) is 0 Å². The molecule has 0 radical (unpaired) electrons. The van der Waals surface area contributed by atoms with Crippen molar-refractivity contribution in [2.24, 2.45) is 0 Å². The number of hydrogen-bond acceptors (Lipinski definition) is 3. The molecule has 0 heterocycles. The minimum absolute atomic E-state index is 0.0109. The lowest BCUT2D eigenvalue weighted by Crippen LogP contribution is -2.54. The van der Waals surface area contributed by atoms with Crippen LogP contribution in [-0.4, -0.2) is 34.0 Å². The van der Waals surface area contributed by atoms with Gasteiger partial charge in [-0.15, -0.1) is 11.8 Å². The Hall–Kier alpha value is -2.76. The maximum Gasteiger partial charge on any atom is 0.243 e. The summed E-state index contributed by atoms with van der Waals surface area (Å²) in [5.41, 5.74) is 2.77. The molecule has 4 nitrogen and oxygen atoms in total. The zero-order valence-electron chi connectivity index (χ0n) is 22.2. The average Bonchev–Trinajstić information content (AvgIpc) is 2.84. The molecule has 3 rings (SSSR count). The molecule has 0 bridgehead atoms. The molecule has 0 fully saturated rings. The van der Waals surface area contributed by atoms with Crippen LogP contribution >= 0.6 is 23.4 Å². The highest BCUT2D eigenvalue weighted by atomic mass is 35.5. The first-order valence-corrected chi connectivity index (χ1v) is 14.1. The number of amides is 2. The van der Waals surface area contributed by atoms with Crippen molar-refractivity contribution in [1.29, 1.82) is 0 Å². The molecule has 0 aliphatic carbocycles. The van der Waals surface area contributed by atoms with Gasteiger partial charge in [-0.25, -0.2) is 0 Å². The summed E-state index contributed by atoms with van der Waals surface area (Å²) in [6.07, 6.45) is 1.55. The zero-order valence-corrected chi connectivity index (χ0v) is 23.7. The van der Waals surface area contributed by atoms with Gasteiger partial charge in [0.2, 0.25) is 11.8 Å². The Kier molecular flexibility index (Phi) is 10.7. The molecule has 196 valence electrons. The second-order valence-electron chi connectivity index (χ2n) is 10.4. The molecule has 0 saturated carbocycles. The molecule has 3 aromatic carbocycles. The third-order valence-corrected chi connectivity index (χ3v) is 7.17. The number of nitrogens with one attached hydrogen (secondary N) is 1. The smallest absolute Gasteiger partial charge is 0.243 e. The van der Waals surface area contributed by atoms with Gasteiger partial charge < -0.3 is 10.2 Å². The van der Waals surface area contributed by atoms with Crippen LogP contribution < -0.4 is 5.32 Å². The Balaban J connectivity index is 1.81. The predicted octanol–water partition coefficient (Wildman–Crippen LogP) is 7.08. The highest BCUT2D eigenvalue weighted by molar-refractivity contribution is 7.99. The largest absolute Gasteiger partial charge is 0.350 e. The number of halogens is 1. The maximum atomic E-state index is 13.7. The van der Waals surface area contributed by atoms with E-state index in [0.717, 1.165) is 33.8 Å². The number of nitrogens with zero attached hydrogens (tertiary/aromatic N) is 1. The van der Waals surface area contributed by atoms with E-state index >= 15 is 0 Å². The van der Waals surface area contributed by atoms with E-state index in [9.17, 15) is 9.59 Å². The molecule has 1 N–H and O–H groups in total. The molecule has 0 spiro atoms. The van der Waals surface area contributed by atoms with Gasteiger partial charge >= 0.3 is 0 Å². The van der Waals surface area contributed by atoms with Crippen LogP contribution in [0.2, 0.25) is 5.02 Å². The molecule has 0 unspecified atom stereocenters. The van der Waals surface area contributed by atoms with Crippen molar-refractivity contribution < 1.29 is 9.59 Å². The van der Waals surface area contributed by atoms with Crippen LogP contribution in [0.25, 0.3) is 0 Å². The highest BCUT2D eigenvalue weighted by Crippen LogP contribution is 2.23. The molecule has 0 saturated heterocycles. The first-order valence-electron chi connectivity index (χ1n) is 12.7. The van der Waals surface area contributed by atoms with E-state index < -0.39 is 11.6 Å². The van der Waals surface area contributed by atoms with E-state index in [-0.39, 0.29) is 11.8 Å². The SMILES string of the molecule is Cc1cccc(CN(C(=O)CCCSc2ccc(Cl)cc2)[C@H](Cc2ccccc2)C(=O)NC(C)(C)C)c1. The van der Waals surface area contributed by atoms with Crippen molar-refractivity contribution in [2.45, 2.75) is 70.0 Å².